The average molecular weight is 379 g/mol. The molecule has 0 atom stereocenters. The molecule has 0 aliphatic heterocycles. The molecule has 146 valence electrons. The molecule has 0 radical (unpaired) electrons. The fraction of sp³-hybridized carbons (Fsp3) is 0.286. The van der Waals surface area contributed by atoms with Crippen molar-refractivity contribution in [2.45, 2.75) is 26.3 Å². The molecule has 7 heteroatoms. The van der Waals surface area contributed by atoms with Crippen molar-refractivity contribution < 1.29 is 9.47 Å². The Kier molecular flexibility index (Phi) is 5.63. The van der Waals surface area contributed by atoms with Crippen LogP contribution in [0.2, 0.25) is 0 Å². The summed E-state index contributed by atoms with van der Waals surface area (Å²) in [5.41, 5.74) is 2.28. The van der Waals surface area contributed by atoms with Crippen LogP contribution in [-0.2, 0) is 0 Å². The topological polar surface area (TPSA) is 81.2 Å². The van der Waals surface area contributed by atoms with Crippen LogP contribution in [0.1, 0.15) is 20.8 Å². The normalized spacial score (nSPS) is 11.0. The molecule has 0 amide bonds. The number of nitrogens with zero attached hydrogens (tertiary/aromatic N) is 3. The minimum atomic E-state index is -0.178. The lowest BCUT2D eigenvalue weighted by molar-refractivity contribution is 0.395. The van der Waals surface area contributed by atoms with Crippen LogP contribution in [0.25, 0.3) is 11.3 Å². The highest BCUT2D eigenvalue weighted by Crippen LogP contribution is 2.32. The van der Waals surface area contributed by atoms with Crippen molar-refractivity contribution in [1.82, 2.24) is 15.0 Å². The summed E-state index contributed by atoms with van der Waals surface area (Å²) < 4.78 is 10.7. The van der Waals surface area contributed by atoms with Gasteiger partial charge in [-0.1, -0.05) is 0 Å². The van der Waals surface area contributed by atoms with E-state index in [0.717, 1.165) is 22.7 Å². The zero-order chi connectivity index (χ0) is 20.1. The molecular weight excluding hydrogens is 354 g/mol. The van der Waals surface area contributed by atoms with Crippen LogP contribution in [-0.4, -0.2) is 34.7 Å². The highest BCUT2D eigenvalue weighted by Gasteiger charge is 2.15. The number of benzene rings is 1. The number of aromatic nitrogens is 3. The molecule has 1 aromatic carbocycles. The Labute approximate surface area is 165 Å². The van der Waals surface area contributed by atoms with Gasteiger partial charge in [0.25, 0.3) is 0 Å². The van der Waals surface area contributed by atoms with E-state index in [1.54, 1.807) is 26.6 Å². The van der Waals surface area contributed by atoms with E-state index in [4.69, 9.17) is 9.47 Å². The Hall–Kier alpha value is -3.35. The van der Waals surface area contributed by atoms with E-state index in [9.17, 15) is 0 Å². The maximum atomic E-state index is 5.47. The van der Waals surface area contributed by atoms with E-state index in [0.29, 0.717) is 17.5 Å². The number of nitrogens with one attached hydrogen (secondary N) is 2. The summed E-state index contributed by atoms with van der Waals surface area (Å²) in [6.07, 6.45) is 3.52. The van der Waals surface area contributed by atoms with Gasteiger partial charge in [0.15, 0.2) is 0 Å². The standard InChI is InChI=1S/C21H25N5O2/c1-21(2,3)26-20-24-17(14-7-6-10-22-13-14)12-19(25-20)23-16-9-8-15(27-4)11-18(16)28-5/h6-13H,1-5H3,(H2,23,24,25,26). The van der Waals surface area contributed by atoms with E-state index in [-0.39, 0.29) is 5.54 Å². The van der Waals surface area contributed by atoms with Gasteiger partial charge < -0.3 is 20.1 Å². The number of anilines is 3. The molecule has 0 aliphatic rings. The SMILES string of the molecule is COc1ccc(Nc2cc(-c3cccnc3)nc(NC(C)(C)C)n2)c(OC)c1. The van der Waals surface area contributed by atoms with Crippen molar-refractivity contribution >= 4 is 17.5 Å². The molecule has 2 aromatic heterocycles. The maximum Gasteiger partial charge on any atom is 0.225 e. The van der Waals surface area contributed by atoms with Crippen molar-refractivity contribution in [3.8, 4) is 22.8 Å². The van der Waals surface area contributed by atoms with Gasteiger partial charge in [-0.05, 0) is 45.0 Å². The minimum Gasteiger partial charge on any atom is -0.497 e. The van der Waals surface area contributed by atoms with Crippen molar-refractivity contribution in [1.29, 1.82) is 0 Å². The third-order valence-electron chi connectivity index (χ3n) is 3.84. The van der Waals surface area contributed by atoms with Crippen LogP contribution in [0.4, 0.5) is 17.5 Å². The second-order valence-electron chi connectivity index (χ2n) is 7.27. The van der Waals surface area contributed by atoms with Crippen molar-refractivity contribution in [2.75, 3.05) is 24.9 Å². The number of hydrogen-bond donors (Lipinski definition) is 2. The van der Waals surface area contributed by atoms with Gasteiger partial charge in [-0.15, -0.1) is 0 Å². The average Bonchev–Trinajstić information content (AvgIpc) is 2.67. The molecule has 0 fully saturated rings. The summed E-state index contributed by atoms with van der Waals surface area (Å²) >= 11 is 0. The zero-order valence-corrected chi connectivity index (χ0v) is 16.8. The second-order valence-corrected chi connectivity index (χ2v) is 7.27. The van der Waals surface area contributed by atoms with Crippen molar-refractivity contribution in [2.24, 2.45) is 0 Å². The summed E-state index contributed by atoms with van der Waals surface area (Å²) in [6, 6.07) is 11.3. The van der Waals surface area contributed by atoms with Crippen LogP contribution >= 0.6 is 0 Å². The van der Waals surface area contributed by atoms with Gasteiger partial charge >= 0.3 is 0 Å². The smallest absolute Gasteiger partial charge is 0.225 e. The number of methoxy groups -OCH3 is 2. The van der Waals surface area contributed by atoms with E-state index < -0.39 is 0 Å². The molecule has 3 rings (SSSR count). The van der Waals surface area contributed by atoms with Crippen LogP contribution in [0.15, 0.2) is 48.8 Å². The molecule has 3 aromatic rings. The molecule has 0 saturated heterocycles. The zero-order valence-electron chi connectivity index (χ0n) is 16.8. The molecule has 0 unspecified atom stereocenters. The lowest BCUT2D eigenvalue weighted by Crippen LogP contribution is -2.27. The lowest BCUT2D eigenvalue weighted by atomic mass is 10.1. The fourth-order valence-electron chi connectivity index (χ4n) is 2.60. The number of hydrogen-bond acceptors (Lipinski definition) is 7. The van der Waals surface area contributed by atoms with E-state index in [1.165, 1.54) is 0 Å². The molecule has 2 N–H and O–H groups in total. The molecule has 0 bridgehead atoms. The first-order chi connectivity index (χ1) is 13.4. The third kappa shape index (κ3) is 4.88. The molecule has 0 spiro atoms. The van der Waals surface area contributed by atoms with E-state index in [2.05, 4.69) is 46.4 Å². The maximum absolute atomic E-state index is 5.47. The van der Waals surface area contributed by atoms with Crippen molar-refractivity contribution in [3.63, 3.8) is 0 Å². The van der Waals surface area contributed by atoms with Crippen LogP contribution < -0.4 is 20.1 Å². The summed E-state index contributed by atoms with van der Waals surface area (Å²) in [6.45, 7) is 6.19. The van der Waals surface area contributed by atoms with Gasteiger partial charge in [0.2, 0.25) is 5.95 Å². The van der Waals surface area contributed by atoms with Gasteiger partial charge in [0.1, 0.15) is 17.3 Å². The highest BCUT2D eigenvalue weighted by atomic mass is 16.5. The molecule has 2 heterocycles. The Bertz CT molecular complexity index is 939. The predicted octanol–water partition coefficient (Wildman–Crippen LogP) is 4.51. The van der Waals surface area contributed by atoms with Crippen LogP contribution in [0.3, 0.4) is 0 Å². The largest absolute Gasteiger partial charge is 0.497 e. The van der Waals surface area contributed by atoms with E-state index in [1.807, 2.05) is 36.4 Å². The van der Waals surface area contributed by atoms with Gasteiger partial charge in [-0.2, -0.15) is 4.98 Å². The van der Waals surface area contributed by atoms with Gasteiger partial charge in [0, 0.05) is 35.6 Å². The number of rotatable bonds is 6. The quantitative estimate of drug-likeness (QED) is 0.652. The van der Waals surface area contributed by atoms with Crippen LogP contribution in [0.5, 0.6) is 11.5 Å². The minimum absolute atomic E-state index is 0.178. The first-order valence-corrected chi connectivity index (χ1v) is 8.94. The third-order valence-corrected chi connectivity index (χ3v) is 3.84. The van der Waals surface area contributed by atoms with E-state index >= 15 is 0 Å². The molecule has 0 aliphatic carbocycles. The van der Waals surface area contributed by atoms with Gasteiger partial charge in [-0.25, -0.2) is 4.98 Å². The first-order valence-electron chi connectivity index (χ1n) is 8.94. The number of ether oxygens (including phenoxy) is 2. The summed E-state index contributed by atoms with van der Waals surface area (Å²) in [5, 5.41) is 6.65. The van der Waals surface area contributed by atoms with Gasteiger partial charge in [-0.3, -0.25) is 4.98 Å². The summed E-state index contributed by atoms with van der Waals surface area (Å²) in [7, 11) is 3.24. The summed E-state index contributed by atoms with van der Waals surface area (Å²) in [4.78, 5) is 13.5. The second kappa shape index (κ2) is 8.12. The molecule has 0 saturated carbocycles. The van der Waals surface area contributed by atoms with Crippen LogP contribution in [0, 0.1) is 0 Å². The predicted molar refractivity (Wildman–Crippen MR) is 111 cm³/mol. The summed E-state index contributed by atoms with van der Waals surface area (Å²) in [5.74, 6) is 2.55. The monoisotopic (exact) mass is 379 g/mol. The first kappa shape index (κ1) is 19.4. The number of pyridine rings is 1. The highest BCUT2D eigenvalue weighted by molar-refractivity contribution is 5.70. The molecular formula is C21H25N5O2. The Balaban J connectivity index is 2.01. The molecule has 7 nitrogen and oxygen atoms in total. The van der Waals surface area contributed by atoms with Crippen molar-refractivity contribution in [3.05, 3.63) is 48.8 Å². The Morgan fingerprint density at radius 2 is 1.79 bits per heavy atom. The molecule has 28 heavy (non-hydrogen) atoms. The van der Waals surface area contributed by atoms with Gasteiger partial charge in [0.05, 0.1) is 25.6 Å². The lowest BCUT2D eigenvalue weighted by Gasteiger charge is -2.21. The fourth-order valence-corrected chi connectivity index (χ4v) is 2.60. The Morgan fingerprint density at radius 1 is 0.964 bits per heavy atom. The Morgan fingerprint density at radius 3 is 2.43 bits per heavy atom.